The molecule has 2 rings (SSSR count). The third-order valence-electron chi connectivity index (χ3n) is 4.54. The lowest BCUT2D eigenvalue weighted by Crippen LogP contribution is -2.45. The van der Waals surface area contributed by atoms with Gasteiger partial charge in [0.1, 0.15) is 0 Å². The van der Waals surface area contributed by atoms with Gasteiger partial charge in [-0.15, -0.1) is 0 Å². The molecule has 2 aliphatic rings. The number of rotatable bonds is 5. The fourth-order valence-corrected chi connectivity index (χ4v) is 4.36. The average molecular weight is 298 g/mol. The molecule has 0 saturated carbocycles. The molecule has 0 aromatic heterocycles. The number of piperidine rings is 1. The van der Waals surface area contributed by atoms with Crippen molar-refractivity contribution in [3.05, 3.63) is 0 Å². The zero-order chi connectivity index (χ0) is 14.4. The Kier molecular flexibility index (Phi) is 6.69. The maximum atomic E-state index is 11.7. The molecule has 4 heteroatoms. The van der Waals surface area contributed by atoms with Gasteiger partial charge in [-0.25, -0.2) is 0 Å². The van der Waals surface area contributed by atoms with Crippen LogP contribution in [-0.4, -0.2) is 48.0 Å². The van der Waals surface area contributed by atoms with Crippen molar-refractivity contribution in [2.45, 2.75) is 52.0 Å². The summed E-state index contributed by atoms with van der Waals surface area (Å²) < 4.78 is 0. The van der Waals surface area contributed by atoms with Gasteiger partial charge in [-0.2, -0.15) is 11.8 Å². The van der Waals surface area contributed by atoms with Crippen LogP contribution in [-0.2, 0) is 4.79 Å². The van der Waals surface area contributed by atoms with Crippen LogP contribution in [0.15, 0.2) is 0 Å². The van der Waals surface area contributed by atoms with E-state index in [4.69, 9.17) is 0 Å². The lowest BCUT2D eigenvalue weighted by Gasteiger charge is -2.39. The van der Waals surface area contributed by atoms with Gasteiger partial charge in [0.15, 0.2) is 0 Å². The predicted octanol–water partition coefficient (Wildman–Crippen LogP) is 2.76. The van der Waals surface area contributed by atoms with E-state index < -0.39 is 0 Å². The summed E-state index contributed by atoms with van der Waals surface area (Å²) in [7, 11) is 0. The van der Waals surface area contributed by atoms with Crippen LogP contribution < -0.4 is 5.32 Å². The van der Waals surface area contributed by atoms with Gasteiger partial charge in [0.2, 0.25) is 5.91 Å². The van der Waals surface area contributed by atoms with Gasteiger partial charge in [0.05, 0.1) is 0 Å². The van der Waals surface area contributed by atoms with Crippen LogP contribution in [0.4, 0.5) is 0 Å². The number of likely N-dealkylation sites (tertiary alicyclic amines) is 1. The third kappa shape index (κ3) is 5.28. The second kappa shape index (κ2) is 8.28. The first-order valence-corrected chi connectivity index (χ1v) is 9.39. The Balaban J connectivity index is 1.62. The Morgan fingerprint density at radius 3 is 2.45 bits per heavy atom. The Bertz CT molecular complexity index is 295. The van der Waals surface area contributed by atoms with E-state index in [0.29, 0.717) is 18.3 Å². The van der Waals surface area contributed by atoms with E-state index in [1.54, 1.807) is 0 Å². The predicted molar refractivity (Wildman–Crippen MR) is 87.1 cm³/mol. The SMILES string of the molecule is CC(C)CC(=O)NCC1CCN(C2CCSCC2)CC1. The van der Waals surface area contributed by atoms with Crippen LogP contribution in [0.2, 0.25) is 0 Å². The maximum absolute atomic E-state index is 11.7. The van der Waals surface area contributed by atoms with E-state index in [2.05, 4.69) is 35.8 Å². The minimum absolute atomic E-state index is 0.228. The summed E-state index contributed by atoms with van der Waals surface area (Å²) in [6.45, 7) is 7.56. The smallest absolute Gasteiger partial charge is 0.220 e. The van der Waals surface area contributed by atoms with Gasteiger partial charge >= 0.3 is 0 Å². The molecule has 2 saturated heterocycles. The van der Waals surface area contributed by atoms with Gasteiger partial charge in [-0.1, -0.05) is 13.8 Å². The first-order valence-electron chi connectivity index (χ1n) is 8.23. The molecule has 3 nitrogen and oxygen atoms in total. The molecule has 0 radical (unpaired) electrons. The molecule has 1 N–H and O–H groups in total. The summed E-state index contributed by atoms with van der Waals surface area (Å²) in [5.74, 6) is 4.07. The summed E-state index contributed by atoms with van der Waals surface area (Å²) in [5, 5.41) is 3.12. The molecule has 20 heavy (non-hydrogen) atoms. The standard InChI is InChI=1S/C16H30N2OS/c1-13(2)11-16(19)17-12-14-3-7-18(8-4-14)15-5-9-20-10-6-15/h13-15H,3-12H2,1-2H3,(H,17,19). The molecule has 1 amide bonds. The van der Waals surface area contributed by atoms with Crippen LogP contribution in [0, 0.1) is 11.8 Å². The topological polar surface area (TPSA) is 32.3 Å². The molecule has 0 aliphatic carbocycles. The van der Waals surface area contributed by atoms with E-state index in [1.165, 1.54) is 50.3 Å². The first-order chi connectivity index (χ1) is 9.65. The first kappa shape index (κ1) is 16.2. The summed E-state index contributed by atoms with van der Waals surface area (Å²) in [6, 6.07) is 0.840. The van der Waals surface area contributed by atoms with Crippen LogP contribution in [0.3, 0.4) is 0 Å². The number of carbonyl (C=O) groups is 1. The number of thioether (sulfide) groups is 1. The van der Waals surface area contributed by atoms with E-state index in [9.17, 15) is 4.79 Å². The molecular formula is C16H30N2OS. The van der Waals surface area contributed by atoms with Crippen molar-refractivity contribution >= 4 is 17.7 Å². The largest absolute Gasteiger partial charge is 0.356 e. The highest BCUT2D eigenvalue weighted by molar-refractivity contribution is 7.99. The quantitative estimate of drug-likeness (QED) is 0.847. The van der Waals surface area contributed by atoms with Crippen molar-refractivity contribution < 1.29 is 4.79 Å². The fourth-order valence-electron chi connectivity index (χ4n) is 3.27. The zero-order valence-electron chi connectivity index (χ0n) is 13.1. The maximum Gasteiger partial charge on any atom is 0.220 e. The molecular weight excluding hydrogens is 268 g/mol. The van der Waals surface area contributed by atoms with Crippen molar-refractivity contribution in [1.29, 1.82) is 0 Å². The number of amides is 1. The van der Waals surface area contributed by atoms with Gasteiger partial charge < -0.3 is 10.2 Å². The highest BCUT2D eigenvalue weighted by Gasteiger charge is 2.26. The van der Waals surface area contributed by atoms with E-state index in [0.717, 1.165) is 12.6 Å². The second-order valence-electron chi connectivity index (χ2n) is 6.72. The van der Waals surface area contributed by atoms with Crippen molar-refractivity contribution in [3.8, 4) is 0 Å². The molecule has 0 spiro atoms. The lowest BCUT2D eigenvalue weighted by molar-refractivity contribution is -0.122. The minimum atomic E-state index is 0.228. The molecule has 2 aliphatic heterocycles. The average Bonchev–Trinajstić information content (AvgIpc) is 2.46. The Hall–Kier alpha value is -0.220. The second-order valence-corrected chi connectivity index (χ2v) is 7.95. The van der Waals surface area contributed by atoms with Gasteiger partial charge in [0, 0.05) is 19.0 Å². The molecule has 2 fully saturated rings. The zero-order valence-corrected chi connectivity index (χ0v) is 13.9. The van der Waals surface area contributed by atoms with Gasteiger partial charge in [-0.3, -0.25) is 4.79 Å². The highest BCUT2D eigenvalue weighted by Crippen LogP contribution is 2.26. The number of nitrogens with zero attached hydrogens (tertiary/aromatic N) is 1. The molecule has 2 heterocycles. The molecule has 0 aromatic carbocycles. The normalized spacial score (nSPS) is 23.1. The Morgan fingerprint density at radius 2 is 1.85 bits per heavy atom. The minimum Gasteiger partial charge on any atom is -0.356 e. The van der Waals surface area contributed by atoms with E-state index in [1.807, 2.05) is 0 Å². The van der Waals surface area contributed by atoms with Crippen molar-refractivity contribution in [2.24, 2.45) is 11.8 Å². The summed E-state index contributed by atoms with van der Waals surface area (Å²) in [5.41, 5.74) is 0. The number of hydrogen-bond acceptors (Lipinski definition) is 3. The Morgan fingerprint density at radius 1 is 1.20 bits per heavy atom. The van der Waals surface area contributed by atoms with E-state index >= 15 is 0 Å². The van der Waals surface area contributed by atoms with Crippen LogP contribution in [0.1, 0.15) is 46.0 Å². The highest BCUT2D eigenvalue weighted by atomic mass is 32.2. The van der Waals surface area contributed by atoms with Crippen LogP contribution in [0.25, 0.3) is 0 Å². The van der Waals surface area contributed by atoms with Gasteiger partial charge in [0.25, 0.3) is 0 Å². The number of hydrogen-bond donors (Lipinski definition) is 1. The summed E-state index contributed by atoms with van der Waals surface area (Å²) >= 11 is 2.11. The van der Waals surface area contributed by atoms with Crippen molar-refractivity contribution in [2.75, 3.05) is 31.1 Å². The van der Waals surface area contributed by atoms with Crippen molar-refractivity contribution in [1.82, 2.24) is 10.2 Å². The Labute approximate surface area is 128 Å². The molecule has 0 atom stereocenters. The molecule has 0 aromatic rings. The monoisotopic (exact) mass is 298 g/mol. The summed E-state index contributed by atoms with van der Waals surface area (Å²) in [4.78, 5) is 14.4. The van der Waals surface area contributed by atoms with Crippen LogP contribution in [0.5, 0.6) is 0 Å². The summed E-state index contributed by atoms with van der Waals surface area (Å²) in [6.07, 6.45) is 5.93. The van der Waals surface area contributed by atoms with Crippen molar-refractivity contribution in [3.63, 3.8) is 0 Å². The molecule has 116 valence electrons. The number of carbonyl (C=O) groups excluding carboxylic acids is 1. The lowest BCUT2D eigenvalue weighted by atomic mass is 9.94. The van der Waals surface area contributed by atoms with Gasteiger partial charge in [-0.05, 0) is 62.1 Å². The fraction of sp³-hybridized carbons (Fsp3) is 0.938. The number of nitrogens with one attached hydrogen (secondary N) is 1. The third-order valence-corrected chi connectivity index (χ3v) is 5.59. The van der Waals surface area contributed by atoms with Crippen LogP contribution >= 0.6 is 11.8 Å². The van der Waals surface area contributed by atoms with E-state index in [-0.39, 0.29) is 5.91 Å². The molecule has 0 bridgehead atoms. The molecule has 0 unspecified atom stereocenters.